The number of nitrogens with two attached hydrogens (primary N) is 1. The molecule has 0 fully saturated rings. The summed E-state index contributed by atoms with van der Waals surface area (Å²) in [5, 5.41) is 10.8. The fraction of sp³-hybridized carbons (Fsp3) is 0.222. The number of sulfonamides is 1. The van der Waals surface area contributed by atoms with Gasteiger partial charge in [-0.05, 0) is 22.9 Å². The highest BCUT2D eigenvalue weighted by atomic mass is 32.2. The average molecular weight is 268 g/mol. The number of aromatic nitrogens is 4. The number of hydrogen-bond acceptors (Lipinski definition) is 6. The second kappa shape index (κ2) is 4.70. The molecule has 0 aliphatic carbocycles. The molecule has 0 bridgehead atoms. The van der Waals surface area contributed by atoms with Crippen molar-refractivity contribution in [3.05, 3.63) is 29.8 Å². The third-order valence-corrected chi connectivity index (χ3v) is 3.50. The Labute approximate surface area is 104 Å². The molecule has 0 radical (unpaired) electrons. The van der Waals surface area contributed by atoms with E-state index in [2.05, 4.69) is 20.1 Å². The summed E-state index contributed by atoms with van der Waals surface area (Å²) in [7, 11) is -2.17. The molecule has 0 amide bonds. The van der Waals surface area contributed by atoms with Gasteiger partial charge in [-0.3, -0.25) is 0 Å². The summed E-state index contributed by atoms with van der Waals surface area (Å²) in [4.78, 5) is 1.27. The van der Waals surface area contributed by atoms with Crippen LogP contribution in [-0.4, -0.2) is 28.6 Å². The summed E-state index contributed by atoms with van der Waals surface area (Å²) in [6, 6.07) is 6.34. The smallest absolute Gasteiger partial charge is 0.277 e. The highest BCUT2D eigenvalue weighted by Crippen LogP contribution is 2.14. The predicted molar refractivity (Wildman–Crippen MR) is 63.9 cm³/mol. The lowest BCUT2D eigenvalue weighted by Crippen LogP contribution is -2.14. The molecule has 8 nitrogen and oxygen atoms in total. The van der Waals surface area contributed by atoms with Crippen LogP contribution in [0.5, 0.6) is 0 Å². The van der Waals surface area contributed by atoms with Crippen LogP contribution in [-0.2, 0) is 23.6 Å². The highest BCUT2D eigenvalue weighted by Gasteiger charge is 2.16. The molecule has 0 atom stereocenters. The van der Waals surface area contributed by atoms with Gasteiger partial charge in [-0.2, -0.15) is 4.80 Å². The molecule has 2 aromatic rings. The van der Waals surface area contributed by atoms with Crippen LogP contribution in [0.1, 0.15) is 5.56 Å². The van der Waals surface area contributed by atoms with E-state index in [1.54, 1.807) is 19.2 Å². The van der Waals surface area contributed by atoms with E-state index in [1.165, 1.54) is 12.1 Å². The number of benzene rings is 1. The fourth-order valence-corrected chi connectivity index (χ4v) is 2.35. The first kappa shape index (κ1) is 12.5. The average Bonchev–Trinajstić information content (AvgIpc) is 2.74. The maximum Gasteiger partial charge on any atom is 0.277 e. The molecule has 0 unspecified atom stereocenters. The highest BCUT2D eigenvalue weighted by molar-refractivity contribution is 7.92. The van der Waals surface area contributed by atoms with Crippen LogP contribution in [0.3, 0.4) is 0 Å². The molecule has 9 heteroatoms. The third-order valence-electron chi connectivity index (χ3n) is 2.18. The van der Waals surface area contributed by atoms with E-state index < -0.39 is 10.0 Å². The topological polar surface area (TPSA) is 116 Å². The SMILES string of the molecule is Cn1nnc(NS(=O)(=O)c2cccc(CN)c2)n1. The Balaban J connectivity index is 2.30. The molecule has 0 saturated heterocycles. The Morgan fingerprint density at radius 3 is 2.83 bits per heavy atom. The van der Waals surface area contributed by atoms with Gasteiger partial charge in [-0.1, -0.05) is 17.2 Å². The number of nitrogens with zero attached hydrogens (tertiary/aromatic N) is 4. The van der Waals surface area contributed by atoms with Crippen molar-refractivity contribution >= 4 is 16.0 Å². The Kier molecular flexibility index (Phi) is 3.26. The normalized spacial score (nSPS) is 11.4. The van der Waals surface area contributed by atoms with Crippen LogP contribution in [0.2, 0.25) is 0 Å². The standard InChI is InChI=1S/C9H12N6O2S/c1-15-12-9(11-14-15)13-18(16,17)8-4-2-3-7(5-8)6-10/h2-5H,6,10H2,1H3,(H,12,13). The van der Waals surface area contributed by atoms with Gasteiger partial charge in [-0.25, -0.2) is 13.1 Å². The molecule has 0 spiro atoms. The van der Waals surface area contributed by atoms with Gasteiger partial charge in [0.15, 0.2) is 0 Å². The number of tetrazole rings is 1. The lowest BCUT2D eigenvalue weighted by atomic mass is 10.2. The summed E-state index contributed by atoms with van der Waals surface area (Å²) in [6.45, 7) is 0.271. The fourth-order valence-electron chi connectivity index (χ4n) is 1.34. The molecular weight excluding hydrogens is 256 g/mol. The molecule has 18 heavy (non-hydrogen) atoms. The van der Waals surface area contributed by atoms with E-state index in [4.69, 9.17) is 5.73 Å². The van der Waals surface area contributed by atoms with E-state index in [-0.39, 0.29) is 17.4 Å². The van der Waals surface area contributed by atoms with Gasteiger partial charge in [0.2, 0.25) is 0 Å². The van der Waals surface area contributed by atoms with Crippen LogP contribution in [0, 0.1) is 0 Å². The minimum Gasteiger partial charge on any atom is -0.326 e. The number of nitrogens with one attached hydrogen (secondary N) is 1. The van der Waals surface area contributed by atoms with Crippen LogP contribution in [0.25, 0.3) is 0 Å². The first-order valence-corrected chi connectivity index (χ1v) is 6.55. The van der Waals surface area contributed by atoms with Crippen molar-refractivity contribution in [1.29, 1.82) is 0 Å². The Morgan fingerprint density at radius 2 is 2.22 bits per heavy atom. The molecule has 0 aliphatic heterocycles. The molecule has 0 aliphatic rings. The largest absolute Gasteiger partial charge is 0.326 e. The van der Waals surface area contributed by atoms with Gasteiger partial charge in [-0.15, -0.1) is 5.10 Å². The molecule has 1 aromatic carbocycles. The number of anilines is 1. The Hall–Kier alpha value is -2.00. The maximum absolute atomic E-state index is 12.0. The summed E-state index contributed by atoms with van der Waals surface area (Å²) in [6.07, 6.45) is 0. The molecule has 96 valence electrons. The van der Waals surface area contributed by atoms with Crippen LogP contribution in [0.4, 0.5) is 5.95 Å². The lowest BCUT2D eigenvalue weighted by Gasteiger charge is -2.05. The zero-order chi connectivity index (χ0) is 13.2. The Bertz CT molecular complexity index is 651. The van der Waals surface area contributed by atoms with Crippen molar-refractivity contribution in [3.63, 3.8) is 0 Å². The minimum absolute atomic E-state index is 0.0735. The van der Waals surface area contributed by atoms with E-state index in [0.29, 0.717) is 0 Å². The van der Waals surface area contributed by atoms with Crippen molar-refractivity contribution in [1.82, 2.24) is 20.2 Å². The predicted octanol–water partition coefficient (Wildman–Crippen LogP) is -0.530. The van der Waals surface area contributed by atoms with E-state index in [9.17, 15) is 8.42 Å². The summed E-state index contributed by atoms with van der Waals surface area (Å²) in [5.41, 5.74) is 6.19. The number of aryl methyl sites for hydroxylation is 1. The molecule has 1 heterocycles. The molecule has 1 aromatic heterocycles. The van der Waals surface area contributed by atoms with Crippen molar-refractivity contribution < 1.29 is 8.42 Å². The lowest BCUT2D eigenvalue weighted by molar-refractivity contribution is 0.600. The minimum atomic E-state index is -3.72. The van der Waals surface area contributed by atoms with Gasteiger partial charge >= 0.3 is 0 Å². The quantitative estimate of drug-likeness (QED) is 0.770. The van der Waals surface area contributed by atoms with Gasteiger partial charge in [0, 0.05) is 6.54 Å². The number of hydrogen-bond donors (Lipinski definition) is 2. The maximum atomic E-state index is 12.0. The zero-order valence-corrected chi connectivity index (χ0v) is 10.4. The molecule has 0 saturated carbocycles. The van der Waals surface area contributed by atoms with Crippen LogP contribution in [0.15, 0.2) is 29.2 Å². The Morgan fingerprint density at radius 1 is 1.44 bits per heavy atom. The van der Waals surface area contributed by atoms with Crippen molar-refractivity contribution in [2.45, 2.75) is 11.4 Å². The molecule has 3 N–H and O–H groups in total. The van der Waals surface area contributed by atoms with Crippen LogP contribution >= 0.6 is 0 Å². The van der Waals surface area contributed by atoms with Gasteiger partial charge in [0.05, 0.1) is 11.9 Å². The van der Waals surface area contributed by atoms with Gasteiger partial charge in [0.25, 0.3) is 16.0 Å². The second-order valence-corrected chi connectivity index (χ2v) is 5.24. The first-order valence-electron chi connectivity index (χ1n) is 5.07. The van der Waals surface area contributed by atoms with Gasteiger partial charge in [0.1, 0.15) is 0 Å². The van der Waals surface area contributed by atoms with Crippen molar-refractivity contribution in [2.24, 2.45) is 12.8 Å². The molecular formula is C9H12N6O2S. The van der Waals surface area contributed by atoms with Gasteiger partial charge < -0.3 is 5.73 Å². The van der Waals surface area contributed by atoms with Crippen LogP contribution < -0.4 is 10.5 Å². The van der Waals surface area contributed by atoms with E-state index in [0.717, 1.165) is 10.4 Å². The monoisotopic (exact) mass is 268 g/mol. The summed E-state index contributed by atoms with van der Waals surface area (Å²) in [5.74, 6) is -0.0735. The van der Waals surface area contributed by atoms with E-state index >= 15 is 0 Å². The third kappa shape index (κ3) is 2.63. The first-order chi connectivity index (χ1) is 8.51. The molecule has 2 rings (SSSR count). The zero-order valence-electron chi connectivity index (χ0n) is 9.61. The van der Waals surface area contributed by atoms with Crippen molar-refractivity contribution in [2.75, 3.05) is 4.72 Å². The summed E-state index contributed by atoms with van der Waals surface area (Å²) < 4.78 is 26.3. The van der Waals surface area contributed by atoms with E-state index in [1.807, 2.05) is 0 Å². The number of rotatable bonds is 4. The summed E-state index contributed by atoms with van der Waals surface area (Å²) >= 11 is 0. The van der Waals surface area contributed by atoms with Crippen molar-refractivity contribution in [3.8, 4) is 0 Å². The second-order valence-electron chi connectivity index (χ2n) is 3.56.